The normalized spacial score (nSPS) is 10.5. The fraction of sp³-hybridized carbons (Fsp3) is 0.200. The highest BCUT2D eigenvalue weighted by atomic mass is 16.5. The minimum atomic E-state index is -0.533. The lowest BCUT2D eigenvalue weighted by Gasteiger charge is -2.04. The predicted molar refractivity (Wildman–Crippen MR) is 55.0 cm³/mol. The molecule has 5 heteroatoms. The maximum absolute atomic E-state index is 11.1. The number of pyridine rings is 1. The second-order valence-electron chi connectivity index (χ2n) is 3.16. The number of aryl methyl sites for hydroxylation is 1. The van der Waals surface area contributed by atoms with Crippen LogP contribution in [0.25, 0.3) is 5.52 Å². The summed E-state index contributed by atoms with van der Waals surface area (Å²) in [7, 11) is 1.57. The van der Waals surface area contributed by atoms with Gasteiger partial charge in [-0.1, -0.05) is 6.07 Å². The molecule has 0 fully saturated rings. The minimum Gasteiger partial charge on any atom is -0.482 e. The molecule has 0 aliphatic rings. The highest BCUT2D eigenvalue weighted by molar-refractivity contribution is 5.98. The quantitative estimate of drug-likeness (QED) is 0.786. The zero-order valence-electron chi connectivity index (χ0n) is 8.52. The minimum absolute atomic E-state index is 0.270. The summed E-state index contributed by atoms with van der Waals surface area (Å²) in [6.45, 7) is 1.79. The fourth-order valence-electron chi connectivity index (χ4n) is 1.62. The van der Waals surface area contributed by atoms with E-state index in [2.05, 4.69) is 4.98 Å². The molecule has 0 spiro atoms. The van der Waals surface area contributed by atoms with Crippen molar-refractivity contribution in [2.45, 2.75) is 6.92 Å². The molecule has 2 aromatic heterocycles. The first-order valence-electron chi connectivity index (χ1n) is 4.47. The summed E-state index contributed by atoms with van der Waals surface area (Å²) in [5.41, 5.74) is 6.17. The number of nitrogens with zero attached hydrogens (tertiary/aromatic N) is 2. The number of carbonyl (C=O) groups excluding carboxylic acids is 1. The summed E-state index contributed by atoms with van der Waals surface area (Å²) in [6.07, 6.45) is 0. The molecule has 0 bridgehead atoms. The van der Waals surface area contributed by atoms with Crippen LogP contribution >= 0.6 is 0 Å². The van der Waals surface area contributed by atoms with Gasteiger partial charge in [0.15, 0.2) is 11.6 Å². The Kier molecular flexibility index (Phi) is 2.07. The van der Waals surface area contributed by atoms with Crippen molar-refractivity contribution in [1.82, 2.24) is 9.38 Å². The summed E-state index contributed by atoms with van der Waals surface area (Å²) in [5.74, 6) is 0.773. The molecule has 0 unspecified atom stereocenters. The van der Waals surface area contributed by atoms with Gasteiger partial charge >= 0.3 is 0 Å². The number of fused-ring (bicyclic) bond motifs is 1. The van der Waals surface area contributed by atoms with Crippen molar-refractivity contribution in [3.8, 4) is 5.88 Å². The number of nitrogens with two attached hydrogens (primary N) is 1. The van der Waals surface area contributed by atoms with Crippen LogP contribution in [0.5, 0.6) is 5.88 Å². The number of hydrogen-bond donors (Lipinski definition) is 1. The van der Waals surface area contributed by atoms with Gasteiger partial charge in [0, 0.05) is 0 Å². The third kappa shape index (κ3) is 1.32. The van der Waals surface area contributed by atoms with Gasteiger partial charge in [0.1, 0.15) is 5.82 Å². The molecule has 2 heterocycles. The molecule has 78 valence electrons. The van der Waals surface area contributed by atoms with Crippen LogP contribution in [0.2, 0.25) is 0 Å². The number of carbonyl (C=O) groups is 1. The number of imidazole rings is 1. The van der Waals surface area contributed by atoms with Crippen LogP contribution in [0.3, 0.4) is 0 Å². The van der Waals surface area contributed by atoms with E-state index in [0.29, 0.717) is 17.2 Å². The lowest BCUT2D eigenvalue weighted by molar-refractivity contribution is 0.0997. The van der Waals surface area contributed by atoms with Gasteiger partial charge in [0.25, 0.3) is 5.91 Å². The van der Waals surface area contributed by atoms with Crippen molar-refractivity contribution in [3.05, 3.63) is 29.7 Å². The molecule has 0 aliphatic carbocycles. The predicted octanol–water partition coefficient (Wildman–Crippen LogP) is 0.750. The Morgan fingerprint density at radius 1 is 1.53 bits per heavy atom. The molecule has 0 saturated heterocycles. The molecular formula is C10H11N3O2. The summed E-state index contributed by atoms with van der Waals surface area (Å²) in [6, 6.07) is 5.37. The fourth-order valence-corrected chi connectivity index (χ4v) is 1.62. The van der Waals surface area contributed by atoms with Crippen molar-refractivity contribution in [2.24, 2.45) is 5.73 Å². The van der Waals surface area contributed by atoms with Gasteiger partial charge in [0.05, 0.1) is 12.6 Å². The summed E-state index contributed by atoms with van der Waals surface area (Å²) >= 11 is 0. The van der Waals surface area contributed by atoms with E-state index in [-0.39, 0.29) is 5.69 Å². The van der Waals surface area contributed by atoms with E-state index in [1.54, 1.807) is 36.6 Å². The van der Waals surface area contributed by atoms with Crippen molar-refractivity contribution >= 4 is 11.4 Å². The first kappa shape index (κ1) is 9.51. The van der Waals surface area contributed by atoms with Crippen molar-refractivity contribution in [3.63, 3.8) is 0 Å². The van der Waals surface area contributed by atoms with Gasteiger partial charge in [-0.25, -0.2) is 4.98 Å². The number of rotatable bonds is 2. The average Bonchev–Trinajstić information content (AvgIpc) is 2.56. The molecule has 1 amide bonds. The Balaban J connectivity index is 2.85. The zero-order chi connectivity index (χ0) is 11.0. The second kappa shape index (κ2) is 3.27. The number of amides is 1. The largest absolute Gasteiger partial charge is 0.482 e. The monoisotopic (exact) mass is 205 g/mol. The molecule has 2 N–H and O–H groups in total. The molecule has 0 aliphatic heterocycles. The van der Waals surface area contributed by atoms with E-state index in [1.807, 2.05) is 0 Å². The topological polar surface area (TPSA) is 69.6 Å². The number of primary amides is 1. The molecule has 15 heavy (non-hydrogen) atoms. The van der Waals surface area contributed by atoms with E-state index in [1.165, 1.54) is 0 Å². The first-order chi connectivity index (χ1) is 7.15. The molecule has 0 aromatic carbocycles. The number of ether oxygens (including phenoxy) is 1. The molecule has 5 nitrogen and oxygen atoms in total. The Morgan fingerprint density at radius 3 is 2.87 bits per heavy atom. The van der Waals surface area contributed by atoms with Gasteiger partial charge in [-0.05, 0) is 19.1 Å². The van der Waals surface area contributed by atoms with Crippen LogP contribution < -0.4 is 10.5 Å². The molecular weight excluding hydrogens is 194 g/mol. The van der Waals surface area contributed by atoms with Crippen LogP contribution in [-0.2, 0) is 0 Å². The zero-order valence-corrected chi connectivity index (χ0v) is 8.52. The maximum Gasteiger partial charge on any atom is 0.269 e. The van der Waals surface area contributed by atoms with Crippen molar-refractivity contribution in [2.75, 3.05) is 7.11 Å². The van der Waals surface area contributed by atoms with Gasteiger partial charge in [-0.15, -0.1) is 0 Å². The smallest absolute Gasteiger partial charge is 0.269 e. The summed E-state index contributed by atoms with van der Waals surface area (Å²) < 4.78 is 6.92. The van der Waals surface area contributed by atoms with Gasteiger partial charge in [-0.2, -0.15) is 0 Å². The Hall–Kier alpha value is -2.04. The Morgan fingerprint density at radius 2 is 2.27 bits per heavy atom. The Labute approximate surface area is 86.5 Å². The molecule has 2 rings (SSSR count). The van der Waals surface area contributed by atoms with E-state index < -0.39 is 5.91 Å². The van der Waals surface area contributed by atoms with Gasteiger partial charge in [-0.3, -0.25) is 9.20 Å². The lowest BCUT2D eigenvalue weighted by Crippen LogP contribution is -2.11. The molecule has 0 saturated carbocycles. The van der Waals surface area contributed by atoms with Crippen LogP contribution in [-0.4, -0.2) is 22.4 Å². The third-order valence-corrected chi connectivity index (χ3v) is 2.24. The average molecular weight is 205 g/mol. The number of aromatic nitrogens is 2. The standard InChI is InChI=1S/C10H11N3O2/c1-6-12-9(10(11)14)7-4-3-5-8(15-2)13(6)7/h3-5H,1-2H3,(H2,11,14). The van der Waals surface area contributed by atoms with Gasteiger partial charge < -0.3 is 10.5 Å². The lowest BCUT2D eigenvalue weighted by atomic mass is 10.3. The molecule has 0 radical (unpaired) electrons. The van der Waals surface area contributed by atoms with E-state index in [9.17, 15) is 4.79 Å². The van der Waals surface area contributed by atoms with Crippen LogP contribution in [0.4, 0.5) is 0 Å². The van der Waals surface area contributed by atoms with Crippen LogP contribution in [0.15, 0.2) is 18.2 Å². The maximum atomic E-state index is 11.1. The van der Waals surface area contributed by atoms with Crippen molar-refractivity contribution < 1.29 is 9.53 Å². The number of hydrogen-bond acceptors (Lipinski definition) is 3. The van der Waals surface area contributed by atoms with Gasteiger partial charge in [0.2, 0.25) is 0 Å². The third-order valence-electron chi connectivity index (χ3n) is 2.24. The van der Waals surface area contributed by atoms with Crippen LogP contribution in [0.1, 0.15) is 16.3 Å². The van der Waals surface area contributed by atoms with E-state index in [0.717, 1.165) is 0 Å². The van der Waals surface area contributed by atoms with Crippen LogP contribution in [0, 0.1) is 6.92 Å². The molecule has 0 atom stereocenters. The second-order valence-corrected chi connectivity index (χ2v) is 3.16. The highest BCUT2D eigenvalue weighted by Gasteiger charge is 2.14. The summed E-state index contributed by atoms with van der Waals surface area (Å²) in [4.78, 5) is 15.2. The molecule has 2 aromatic rings. The Bertz CT molecular complexity index is 531. The highest BCUT2D eigenvalue weighted by Crippen LogP contribution is 2.19. The summed E-state index contributed by atoms with van der Waals surface area (Å²) in [5, 5.41) is 0. The first-order valence-corrected chi connectivity index (χ1v) is 4.47. The van der Waals surface area contributed by atoms with E-state index in [4.69, 9.17) is 10.5 Å². The number of methoxy groups -OCH3 is 1. The van der Waals surface area contributed by atoms with Crippen molar-refractivity contribution in [1.29, 1.82) is 0 Å². The SMILES string of the molecule is COc1cccc2c(C(N)=O)nc(C)n12. The van der Waals surface area contributed by atoms with E-state index >= 15 is 0 Å².